The summed E-state index contributed by atoms with van der Waals surface area (Å²) in [6, 6.07) is 13.8. The second-order valence-electron chi connectivity index (χ2n) is 5.75. The van der Waals surface area contributed by atoms with Crippen LogP contribution in [-0.4, -0.2) is 21.9 Å². The maximum absolute atomic E-state index is 13.3. The van der Waals surface area contributed by atoms with Gasteiger partial charge in [0.05, 0.1) is 4.92 Å². The van der Waals surface area contributed by atoms with Crippen LogP contribution in [0.5, 0.6) is 0 Å². The number of hydrogen-bond donors (Lipinski definition) is 1. The van der Waals surface area contributed by atoms with Crippen molar-refractivity contribution < 1.29 is 18.1 Å². The van der Waals surface area contributed by atoms with Crippen LogP contribution in [0, 0.1) is 10.1 Å². The summed E-state index contributed by atoms with van der Waals surface area (Å²) < 4.78 is 40.0. The van der Waals surface area contributed by atoms with Crippen molar-refractivity contribution in [3.05, 3.63) is 76.5 Å². The van der Waals surface area contributed by atoms with Crippen LogP contribution < -0.4 is 10.2 Å². The third kappa shape index (κ3) is 4.17. The molecule has 0 bridgehead atoms. The molecule has 0 spiro atoms. The van der Waals surface area contributed by atoms with Gasteiger partial charge >= 0.3 is 6.18 Å². The predicted octanol–water partition coefficient (Wildman–Crippen LogP) is 4.92. The highest BCUT2D eigenvalue weighted by Gasteiger charge is 2.35. The second-order valence-corrected chi connectivity index (χ2v) is 5.75. The Balaban J connectivity index is 1.97. The van der Waals surface area contributed by atoms with Crippen molar-refractivity contribution in [1.29, 1.82) is 0 Å². The minimum absolute atomic E-state index is 0.000263. The minimum Gasteiger partial charge on any atom is -0.340 e. The number of rotatable bonds is 5. The molecule has 0 unspecified atom stereocenters. The van der Waals surface area contributed by atoms with Gasteiger partial charge in [-0.25, -0.2) is 4.98 Å². The van der Waals surface area contributed by atoms with Crippen LogP contribution in [0.25, 0.3) is 0 Å². The Morgan fingerprint density at radius 3 is 2.29 bits per heavy atom. The van der Waals surface area contributed by atoms with E-state index in [-0.39, 0.29) is 11.6 Å². The first-order valence-corrected chi connectivity index (χ1v) is 8.00. The smallest absolute Gasteiger partial charge is 0.340 e. The fraction of sp³-hybridized carbons (Fsp3) is 0.111. The summed E-state index contributed by atoms with van der Waals surface area (Å²) in [6.45, 7) is 0. The average Bonchev–Trinajstić information content (AvgIpc) is 2.67. The van der Waals surface area contributed by atoms with Gasteiger partial charge in [0.1, 0.15) is 11.4 Å². The zero-order chi connectivity index (χ0) is 20.3. The van der Waals surface area contributed by atoms with Gasteiger partial charge in [-0.1, -0.05) is 18.2 Å². The van der Waals surface area contributed by atoms with Crippen molar-refractivity contribution in [3.8, 4) is 0 Å². The predicted molar refractivity (Wildman–Crippen MR) is 97.9 cm³/mol. The van der Waals surface area contributed by atoms with Gasteiger partial charge in [-0.2, -0.15) is 18.2 Å². The van der Waals surface area contributed by atoms with Gasteiger partial charge in [0.25, 0.3) is 5.69 Å². The number of anilines is 4. The van der Waals surface area contributed by atoms with E-state index in [1.807, 2.05) is 0 Å². The first kappa shape index (κ1) is 19.1. The molecule has 28 heavy (non-hydrogen) atoms. The maximum Gasteiger partial charge on any atom is 0.421 e. The van der Waals surface area contributed by atoms with Crippen LogP contribution in [-0.2, 0) is 6.18 Å². The van der Waals surface area contributed by atoms with E-state index in [0.29, 0.717) is 17.6 Å². The molecule has 0 fully saturated rings. The Morgan fingerprint density at radius 1 is 1.07 bits per heavy atom. The Morgan fingerprint density at radius 2 is 1.71 bits per heavy atom. The molecule has 0 atom stereocenters. The lowest BCUT2D eigenvalue weighted by Gasteiger charge is -2.20. The molecule has 0 aliphatic rings. The molecular formula is C18H14F3N5O2. The summed E-state index contributed by atoms with van der Waals surface area (Å²) in [5, 5.41) is 13.4. The molecule has 7 nitrogen and oxygen atoms in total. The van der Waals surface area contributed by atoms with Crippen LogP contribution in [0.4, 0.5) is 42.0 Å². The van der Waals surface area contributed by atoms with Crippen LogP contribution in [0.2, 0.25) is 0 Å². The number of nitrogens with one attached hydrogen (secondary N) is 1. The summed E-state index contributed by atoms with van der Waals surface area (Å²) in [6.07, 6.45) is -3.93. The van der Waals surface area contributed by atoms with Crippen molar-refractivity contribution in [3.63, 3.8) is 0 Å². The summed E-state index contributed by atoms with van der Waals surface area (Å²) in [5.74, 6) is -0.391. The molecule has 0 aliphatic heterocycles. The zero-order valence-electron chi connectivity index (χ0n) is 14.5. The first-order valence-electron chi connectivity index (χ1n) is 8.00. The van der Waals surface area contributed by atoms with E-state index >= 15 is 0 Å². The molecule has 0 aliphatic carbocycles. The fourth-order valence-corrected chi connectivity index (χ4v) is 2.41. The topological polar surface area (TPSA) is 84.2 Å². The van der Waals surface area contributed by atoms with E-state index in [4.69, 9.17) is 0 Å². The summed E-state index contributed by atoms with van der Waals surface area (Å²) in [4.78, 5) is 19.5. The minimum atomic E-state index is -4.64. The van der Waals surface area contributed by atoms with Crippen LogP contribution in [0.1, 0.15) is 5.56 Å². The van der Waals surface area contributed by atoms with Crippen LogP contribution in [0.3, 0.4) is 0 Å². The molecule has 1 heterocycles. The average molecular weight is 389 g/mol. The molecule has 0 saturated carbocycles. The molecular weight excluding hydrogens is 375 g/mol. The highest BCUT2D eigenvalue weighted by molar-refractivity contribution is 5.64. The molecule has 3 aromatic rings. The molecule has 10 heteroatoms. The van der Waals surface area contributed by atoms with Crippen molar-refractivity contribution >= 4 is 28.8 Å². The molecule has 0 radical (unpaired) electrons. The summed E-state index contributed by atoms with van der Waals surface area (Å²) in [5.41, 5.74) is -0.180. The Kier molecular flexibility index (Phi) is 5.12. The standard InChI is InChI=1S/C18H14F3N5O2/c1-25(13-7-9-14(10-8-13)26(27)28)17-22-11-15(18(19,20)21)16(24-17)23-12-5-3-2-4-6-12/h2-11H,1H3,(H,22,23,24). The van der Waals surface area contributed by atoms with Gasteiger partial charge in [0.15, 0.2) is 0 Å². The molecule has 1 N–H and O–H groups in total. The molecule has 0 saturated heterocycles. The molecule has 3 rings (SSSR count). The van der Waals surface area contributed by atoms with Crippen molar-refractivity contribution in [1.82, 2.24) is 9.97 Å². The van der Waals surface area contributed by atoms with Crippen molar-refractivity contribution in [2.75, 3.05) is 17.3 Å². The Hall–Kier alpha value is -3.69. The van der Waals surface area contributed by atoms with Crippen molar-refractivity contribution in [2.45, 2.75) is 6.18 Å². The summed E-state index contributed by atoms with van der Waals surface area (Å²) >= 11 is 0. The number of nitro groups is 1. The van der Waals surface area contributed by atoms with E-state index in [2.05, 4.69) is 15.3 Å². The number of aromatic nitrogens is 2. The number of nitrogens with zero attached hydrogens (tertiary/aromatic N) is 4. The number of benzene rings is 2. The number of alkyl halides is 3. The number of non-ortho nitro benzene ring substituents is 1. The fourth-order valence-electron chi connectivity index (χ4n) is 2.41. The lowest BCUT2D eigenvalue weighted by Crippen LogP contribution is -2.17. The highest BCUT2D eigenvalue weighted by Crippen LogP contribution is 2.36. The maximum atomic E-state index is 13.3. The normalized spacial score (nSPS) is 11.1. The second kappa shape index (κ2) is 7.51. The van der Waals surface area contributed by atoms with Gasteiger partial charge < -0.3 is 10.2 Å². The number of nitro benzene ring substituents is 1. The first-order chi connectivity index (χ1) is 13.3. The zero-order valence-corrected chi connectivity index (χ0v) is 14.5. The number of hydrogen-bond acceptors (Lipinski definition) is 6. The summed E-state index contributed by atoms with van der Waals surface area (Å²) in [7, 11) is 1.55. The third-order valence-electron chi connectivity index (χ3n) is 3.87. The lowest BCUT2D eigenvalue weighted by atomic mass is 10.2. The van der Waals surface area contributed by atoms with Crippen LogP contribution in [0.15, 0.2) is 60.8 Å². The SMILES string of the molecule is CN(c1ccc([N+](=O)[O-])cc1)c1ncc(C(F)(F)F)c(Nc2ccccc2)n1. The van der Waals surface area contributed by atoms with Crippen molar-refractivity contribution in [2.24, 2.45) is 0 Å². The van der Waals surface area contributed by atoms with E-state index in [9.17, 15) is 23.3 Å². The van der Waals surface area contributed by atoms with E-state index in [1.54, 1.807) is 37.4 Å². The van der Waals surface area contributed by atoms with E-state index in [1.165, 1.54) is 29.2 Å². The Bertz CT molecular complexity index is 979. The van der Waals surface area contributed by atoms with Gasteiger partial charge in [-0.05, 0) is 24.3 Å². The largest absolute Gasteiger partial charge is 0.421 e. The van der Waals surface area contributed by atoms with Gasteiger partial charge in [0, 0.05) is 36.8 Å². The Labute approximate surface area is 157 Å². The van der Waals surface area contributed by atoms with E-state index in [0.717, 1.165) is 0 Å². The lowest BCUT2D eigenvalue weighted by molar-refractivity contribution is -0.384. The van der Waals surface area contributed by atoms with Gasteiger partial charge in [0.2, 0.25) is 5.95 Å². The molecule has 2 aromatic carbocycles. The third-order valence-corrected chi connectivity index (χ3v) is 3.87. The quantitative estimate of drug-likeness (QED) is 0.493. The monoisotopic (exact) mass is 389 g/mol. The molecule has 0 amide bonds. The molecule has 1 aromatic heterocycles. The molecule has 144 valence electrons. The van der Waals surface area contributed by atoms with Gasteiger partial charge in [-0.15, -0.1) is 0 Å². The van der Waals surface area contributed by atoms with Gasteiger partial charge in [-0.3, -0.25) is 10.1 Å². The number of halogens is 3. The van der Waals surface area contributed by atoms with E-state index < -0.39 is 22.5 Å². The number of para-hydroxylation sites is 1. The highest BCUT2D eigenvalue weighted by atomic mass is 19.4. The van der Waals surface area contributed by atoms with Crippen LogP contribution >= 0.6 is 0 Å².